The molecule has 80 valence electrons. The molecule has 1 unspecified atom stereocenters. The van der Waals surface area contributed by atoms with Crippen molar-refractivity contribution >= 4 is 10.5 Å². The van der Waals surface area contributed by atoms with Gasteiger partial charge in [0.15, 0.2) is 0 Å². The zero-order valence-electron chi connectivity index (χ0n) is 9.44. The monoisotopic (exact) mass is 218 g/mol. The molecule has 0 aliphatic rings. The van der Waals surface area contributed by atoms with Gasteiger partial charge in [-0.15, -0.1) is 0 Å². The Balaban J connectivity index is 3.06. The summed E-state index contributed by atoms with van der Waals surface area (Å²) in [5, 5.41) is 0. The zero-order chi connectivity index (χ0) is 11.3. The molecular weight excluding hydrogens is 200 g/mol. The molecule has 0 aliphatic carbocycles. The Morgan fingerprint density at radius 2 is 1.80 bits per heavy atom. The number of benzene rings is 1. The molecule has 1 atom stereocenters. The molecule has 0 spiro atoms. The average molecular weight is 218 g/mol. The second-order valence-electron chi connectivity index (χ2n) is 3.60. The molecule has 0 bridgehead atoms. The number of hydrogen-bond donors (Lipinski definition) is 0. The number of rotatable bonds is 5. The number of hydrogen-bond acceptors (Lipinski definition) is 1. The van der Waals surface area contributed by atoms with Crippen LogP contribution in [0.3, 0.4) is 0 Å². The molecule has 0 aliphatic heterocycles. The van der Waals surface area contributed by atoms with E-state index < -0.39 is 5.60 Å². The fourth-order valence-electron chi connectivity index (χ4n) is 1.78. The molecule has 0 saturated heterocycles. The molecule has 1 aromatic carbocycles. The predicted molar refractivity (Wildman–Crippen MR) is 69.0 cm³/mol. The minimum absolute atomic E-state index is 0.242. The van der Waals surface area contributed by atoms with Crippen LogP contribution < -0.4 is 0 Å². The van der Waals surface area contributed by atoms with Crippen molar-refractivity contribution in [3.8, 4) is 0 Å². The van der Waals surface area contributed by atoms with E-state index in [0.717, 1.165) is 0 Å². The highest BCUT2D eigenvalue weighted by Crippen LogP contribution is 2.32. The van der Waals surface area contributed by atoms with E-state index in [4.69, 9.17) is 4.43 Å². The van der Waals surface area contributed by atoms with Crippen LogP contribution in [-0.2, 0) is 4.43 Å². The summed E-state index contributed by atoms with van der Waals surface area (Å²) in [7, 11) is 0.672. The van der Waals surface area contributed by atoms with Crippen LogP contribution in [0.5, 0.6) is 0 Å². The quantitative estimate of drug-likeness (QED) is 0.544. The Hall–Kier alpha value is -1.12. The van der Waals surface area contributed by atoms with Crippen LogP contribution in [0.2, 0.25) is 0 Å². The van der Waals surface area contributed by atoms with Gasteiger partial charge >= 0.3 is 0 Å². The highest BCUT2D eigenvalue weighted by Gasteiger charge is 2.29. The summed E-state index contributed by atoms with van der Waals surface area (Å²) >= 11 is 0. The molecule has 0 amide bonds. The minimum atomic E-state index is -0.423. The summed E-state index contributed by atoms with van der Waals surface area (Å²) < 4.78 is 5.66. The Bertz CT molecular complexity index is 324. The lowest BCUT2D eigenvalue weighted by atomic mass is 9.83. The predicted octanol–water partition coefficient (Wildman–Crippen LogP) is 2.20. The SMILES string of the molecule is C=CC(C=C)(O[SiH3])C(C)c1ccccc1. The fourth-order valence-corrected chi connectivity index (χ4v) is 2.47. The van der Waals surface area contributed by atoms with Crippen LogP contribution in [-0.4, -0.2) is 16.1 Å². The van der Waals surface area contributed by atoms with Crippen molar-refractivity contribution < 1.29 is 4.43 Å². The van der Waals surface area contributed by atoms with Crippen molar-refractivity contribution in [2.75, 3.05) is 0 Å². The molecule has 0 aromatic heterocycles. The summed E-state index contributed by atoms with van der Waals surface area (Å²) in [6.07, 6.45) is 3.68. The first-order valence-corrected chi connectivity index (χ1v) is 5.89. The van der Waals surface area contributed by atoms with E-state index in [1.54, 1.807) is 0 Å². The van der Waals surface area contributed by atoms with Gasteiger partial charge in [0, 0.05) is 5.92 Å². The highest BCUT2D eigenvalue weighted by molar-refractivity contribution is 5.98. The maximum Gasteiger partial charge on any atom is 0.147 e. The van der Waals surface area contributed by atoms with Crippen molar-refractivity contribution in [3.05, 3.63) is 61.2 Å². The standard InChI is InChI=1S/C13H18OSi/c1-4-13(5-2,14-15)11(3)12-9-7-6-8-10-12/h4-11H,1-2H2,3,15H3. The van der Waals surface area contributed by atoms with Crippen molar-refractivity contribution in [2.24, 2.45) is 0 Å². The summed E-state index contributed by atoms with van der Waals surface area (Å²) in [4.78, 5) is 0. The lowest BCUT2D eigenvalue weighted by molar-refractivity contribution is 0.161. The molecule has 1 nitrogen and oxygen atoms in total. The first-order chi connectivity index (χ1) is 7.20. The zero-order valence-corrected chi connectivity index (χ0v) is 11.4. The van der Waals surface area contributed by atoms with Gasteiger partial charge < -0.3 is 4.43 Å². The fraction of sp³-hybridized carbons (Fsp3) is 0.231. The van der Waals surface area contributed by atoms with Crippen molar-refractivity contribution in [2.45, 2.75) is 18.4 Å². The first-order valence-electron chi connectivity index (χ1n) is 5.07. The summed E-state index contributed by atoms with van der Waals surface area (Å²) in [6, 6.07) is 10.3. The third kappa shape index (κ3) is 2.28. The Morgan fingerprint density at radius 1 is 1.27 bits per heavy atom. The maximum absolute atomic E-state index is 5.66. The van der Waals surface area contributed by atoms with E-state index >= 15 is 0 Å². The van der Waals surface area contributed by atoms with Gasteiger partial charge in [0.1, 0.15) is 10.5 Å². The van der Waals surface area contributed by atoms with Gasteiger partial charge in [-0.3, -0.25) is 0 Å². The first kappa shape index (κ1) is 11.9. The largest absolute Gasteiger partial charge is 0.415 e. The van der Waals surface area contributed by atoms with E-state index in [2.05, 4.69) is 32.2 Å². The molecule has 0 heterocycles. The van der Waals surface area contributed by atoms with Crippen LogP contribution in [0.4, 0.5) is 0 Å². The van der Waals surface area contributed by atoms with Gasteiger partial charge in [-0.1, -0.05) is 62.6 Å². The molecule has 1 aromatic rings. The van der Waals surface area contributed by atoms with E-state index in [9.17, 15) is 0 Å². The van der Waals surface area contributed by atoms with Gasteiger partial charge in [-0.05, 0) is 5.56 Å². The smallest absolute Gasteiger partial charge is 0.147 e. The van der Waals surface area contributed by atoms with Gasteiger partial charge in [-0.2, -0.15) is 0 Å². The summed E-state index contributed by atoms with van der Waals surface area (Å²) in [6.45, 7) is 9.83. The average Bonchev–Trinajstić information content (AvgIpc) is 2.33. The molecule has 0 radical (unpaired) electrons. The minimum Gasteiger partial charge on any atom is -0.415 e. The summed E-state index contributed by atoms with van der Waals surface area (Å²) in [5.41, 5.74) is 0.821. The Labute approximate surface area is 95.0 Å². The van der Waals surface area contributed by atoms with Crippen LogP contribution >= 0.6 is 0 Å². The molecule has 2 heteroatoms. The Morgan fingerprint density at radius 3 is 2.20 bits per heavy atom. The normalized spacial score (nSPS) is 13.4. The third-order valence-corrected chi connectivity index (χ3v) is 3.68. The van der Waals surface area contributed by atoms with Gasteiger partial charge in [0.2, 0.25) is 0 Å². The van der Waals surface area contributed by atoms with Crippen molar-refractivity contribution in [3.63, 3.8) is 0 Å². The van der Waals surface area contributed by atoms with E-state index in [-0.39, 0.29) is 5.92 Å². The van der Waals surface area contributed by atoms with Crippen LogP contribution in [0.15, 0.2) is 55.6 Å². The lowest BCUT2D eigenvalue weighted by Crippen LogP contribution is -2.32. The second-order valence-corrected chi connectivity index (χ2v) is 4.01. The highest BCUT2D eigenvalue weighted by atomic mass is 28.2. The van der Waals surface area contributed by atoms with Gasteiger partial charge in [-0.25, -0.2) is 0 Å². The van der Waals surface area contributed by atoms with Gasteiger partial charge in [0.05, 0.1) is 5.60 Å². The van der Waals surface area contributed by atoms with Crippen LogP contribution in [0.25, 0.3) is 0 Å². The maximum atomic E-state index is 5.66. The van der Waals surface area contributed by atoms with Crippen molar-refractivity contribution in [1.82, 2.24) is 0 Å². The molecule has 0 fully saturated rings. The van der Waals surface area contributed by atoms with Crippen LogP contribution in [0.1, 0.15) is 18.4 Å². The van der Waals surface area contributed by atoms with Crippen LogP contribution in [0, 0.1) is 0 Å². The van der Waals surface area contributed by atoms with Gasteiger partial charge in [0.25, 0.3) is 0 Å². The molecule has 0 N–H and O–H groups in total. The van der Waals surface area contributed by atoms with E-state index in [1.165, 1.54) is 5.56 Å². The van der Waals surface area contributed by atoms with Crippen molar-refractivity contribution in [1.29, 1.82) is 0 Å². The second kappa shape index (κ2) is 5.10. The van der Waals surface area contributed by atoms with E-state index in [0.29, 0.717) is 10.5 Å². The summed E-state index contributed by atoms with van der Waals surface area (Å²) in [5.74, 6) is 0.242. The molecule has 0 saturated carbocycles. The molecular formula is C13H18OSi. The topological polar surface area (TPSA) is 9.23 Å². The Kier molecular flexibility index (Phi) is 4.06. The molecule has 1 rings (SSSR count). The lowest BCUT2D eigenvalue weighted by Gasteiger charge is -2.33. The third-order valence-electron chi connectivity index (χ3n) is 2.97. The molecule has 15 heavy (non-hydrogen) atoms. The van der Waals surface area contributed by atoms with E-state index in [1.807, 2.05) is 30.4 Å².